The molecule has 0 aliphatic heterocycles. The Bertz CT molecular complexity index is 418. The first-order valence-corrected chi connectivity index (χ1v) is 9.33. The van der Waals surface area contributed by atoms with Gasteiger partial charge in [-0.25, -0.2) is 0 Å². The van der Waals surface area contributed by atoms with Crippen LogP contribution >= 0.6 is 15.9 Å². The van der Waals surface area contributed by atoms with Gasteiger partial charge >= 0.3 is 0 Å². The lowest BCUT2D eigenvalue weighted by Crippen LogP contribution is -2.46. The van der Waals surface area contributed by atoms with E-state index in [1.165, 1.54) is 42.1 Å². The third-order valence-corrected chi connectivity index (χ3v) is 5.49. The topological polar surface area (TPSA) is 12.0 Å². The van der Waals surface area contributed by atoms with Crippen LogP contribution in [0.15, 0.2) is 28.7 Å². The van der Waals surface area contributed by atoms with Crippen molar-refractivity contribution in [3.05, 3.63) is 34.3 Å². The molecule has 1 aromatic carbocycles. The van der Waals surface area contributed by atoms with E-state index >= 15 is 0 Å². The van der Waals surface area contributed by atoms with Gasteiger partial charge in [-0.1, -0.05) is 61.7 Å². The first-order valence-electron chi connectivity index (χ1n) is 8.53. The second-order valence-corrected chi connectivity index (χ2v) is 8.02. The van der Waals surface area contributed by atoms with Gasteiger partial charge in [-0.15, -0.1) is 0 Å². The molecule has 1 unspecified atom stereocenters. The van der Waals surface area contributed by atoms with E-state index < -0.39 is 0 Å². The van der Waals surface area contributed by atoms with E-state index in [1.54, 1.807) is 0 Å². The summed E-state index contributed by atoms with van der Waals surface area (Å²) in [5.74, 6) is 0.786. The summed E-state index contributed by atoms with van der Waals surface area (Å²) in [5, 5.41) is 3.82. The van der Waals surface area contributed by atoms with Crippen LogP contribution in [0.2, 0.25) is 0 Å². The largest absolute Gasteiger partial charge is 0.313 e. The fraction of sp³-hybridized carbons (Fsp3) is 0.684. The zero-order chi connectivity index (χ0) is 15.3. The van der Waals surface area contributed by atoms with Crippen LogP contribution < -0.4 is 5.32 Å². The van der Waals surface area contributed by atoms with E-state index in [0.29, 0.717) is 11.5 Å². The minimum atomic E-state index is 0.511. The van der Waals surface area contributed by atoms with Crippen molar-refractivity contribution < 1.29 is 0 Å². The molecule has 0 spiro atoms. The van der Waals surface area contributed by atoms with Crippen LogP contribution in [0.25, 0.3) is 0 Å². The average Bonchev–Trinajstić information content (AvgIpc) is 2.89. The summed E-state index contributed by atoms with van der Waals surface area (Å²) in [7, 11) is 0. The lowest BCUT2D eigenvalue weighted by molar-refractivity contribution is 0.155. The Labute approximate surface area is 139 Å². The highest BCUT2D eigenvalue weighted by atomic mass is 79.9. The molecule has 1 aliphatic carbocycles. The highest BCUT2D eigenvalue weighted by molar-refractivity contribution is 9.10. The number of halogens is 1. The molecule has 0 heterocycles. The molecule has 21 heavy (non-hydrogen) atoms. The summed E-state index contributed by atoms with van der Waals surface area (Å²) < 4.78 is 1.17. The SMILES string of the molecule is CCNC(Cc1ccc(Br)cc1)C1(CC(C)C)CCCC1. The summed E-state index contributed by atoms with van der Waals surface area (Å²) in [4.78, 5) is 0. The molecule has 0 aromatic heterocycles. The molecule has 0 bridgehead atoms. The van der Waals surface area contributed by atoms with Gasteiger partial charge < -0.3 is 5.32 Å². The molecular formula is C19H30BrN. The predicted octanol–water partition coefficient (Wildman–Crippen LogP) is 5.58. The van der Waals surface area contributed by atoms with Crippen molar-refractivity contribution in [2.24, 2.45) is 11.3 Å². The van der Waals surface area contributed by atoms with Gasteiger partial charge in [-0.3, -0.25) is 0 Å². The van der Waals surface area contributed by atoms with Gasteiger partial charge in [0.05, 0.1) is 0 Å². The standard InChI is InChI=1S/C19H30BrN/c1-4-21-18(13-16-7-9-17(20)10-8-16)19(14-15(2)3)11-5-6-12-19/h7-10,15,18,21H,4-6,11-14H2,1-3H3. The fourth-order valence-corrected chi connectivity index (χ4v) is 4.46. The molecular weight excluding hydrogens is 322 g/mol. The second kappa shape index (κ2) is 7.78. The van der Waals surface area contributed by atoms with Crippen molar-refractivity contribution in [3.63, 3.8) is 0 Å². The molecule has 1 fully saturated rings. The van der Waals surface area contributed by atoms with Crippen molar-refractivity contribution >= 4 is 15.9 Å². The van der Waals surface area contributed by atoms with E-state index in [2.05, 4.69) is 66.3 Å². The van der Waals surface area contributed by atoms with Gasteiger partial charge in [0.15, 0.2) is 0 Å². The van der Waals surface area contributed by atoms with Gasteiger partial charge in [-0.05, 0) is 61.3 Å². The van der Waals surface area contributed by atoms with Crippen LogP contribution in [-0.4, -0.2) is 12.6 Å². The number of hydrogen-bond donors (Lipinski definition) is 1. The Kier molecular flexibility index (Phi) is 6.31. The van der Waals surface area contributed by atoms with Gasteiger partial charge in [0.25, 0.3) is 0 Å². The van der Waals surface area contributed by atoms with Crippen molar-refractivity contribution in [1.29, 1.82) is 0 Å². The lowest BCUT2D eigenvalue weighted by atomic mass is 9.71. The third-order valence-electron chi connectivity index (χ3n) is 4.96. The van der Waals surface area contributed by atoms with Crippen LogP contribution in [0.3, 0.4) is 0 Å². The van der Waals surface area contributed by atoms with Crippen molar-refractivity contribution in [2.75, 3.05) is 6.54 Å². The lowest BCUT2D eigenvalue weighted by Gasteiger charge is -2.40. The highest BCUT2D eigenvalue weighted by Crippen LogP contribution is 2.46. The van der Waals surface area contributed by atoms with Crippen LogP contribution in [-0.2, 0) is 6.42 Å². The van der Waals surface area contributed by atoms with Crippen molar-refractivity contribution in [3.8, 4) is 0 Å². The molecule has 0 amide bonds. The normalized spacial score (nSPS) is 19.1. The minimum absolute atomic E-state index is 0.511. The van der Waals surface area contributed by atoms with E-state index in [0.717, 1.165) is 18.9 Å². The Morgan fingerprint density at radius 3 is 2.29 bits per heavy atom. The molecule has 0 radical (unpaired) electrons. The quantitative estimate of drug-likeness (QED) is 0.676. The van der Waals surface area contributed by atoms with Crippen LogP contribution in [0.1, 0.15) is 58.4 Å². The van der Waals surface area contributed by atoms with Gasteiger partial charge in [-0.2, -0.15) is 0 Å². The predicted molar refractivity (Wildman–Crippen MR) is 95.7 cm³/mol. The second-order valence-electron chi connectivity index (χ2n) is 7.11. The molecule has 0 saturated heterocycles. The zero-order valence-electron chi connectivity index (χ0n) is 13.8. The molecule has 118 valence electrons. The maximum absolute atomic E-state index is 3.82. The van der Waals surface area contributed by atoms with Gasteiger partial charge in [0.1, 0.15) is 0 Å². The maximum atomic E-state index is 3.82. The van der Waals surface area contributed by atoms with E-state index in [4.69, 9.17) is 0 Å². The van der Waals surface area contributed by atoms with Crippen LogP contribution in [0, 0.1) is 11.3 Å². The summed E-state index contributed by atoms with van der Waals surface area (Å²) in [5.41, 5.74) is 1.97. The Morgan fingerprint density at radius 2 is 1.76 bits per heavy atom. The van der Waals surface area contributed by atoms with Crippen LogP contribution in [0.4, 0.5) is 0 Å². The number of rotatable bonds is 7. The summed E-state index contributed by atoms with van der Waals surface area (Å²) in [6.07, 6.45) is 8.15. The Morgan fingerprint density at radius 1 is 1.14 bits per heavy atom. The first kappa shape index (κ1) is 17.0. The number of likely N-dealkylation sites (N-methyl/N-ethyl adjacent to an activating group) is 1. The maximum Gasteiger partial charge on any atom is 0.0175 e. The van der Waals surface area contributed by atoms with E-state index in [9.17, 15) is 0 Å². The fourth-order valence-electron chi connectivity index (χ4n) is 4.19. The molecule has 1 aliphatic rings. The molecule has 1 N–H and O–H groups in total. The monoisotopic (exact) mass is 351 g/mol. The summed E-state index contributed by atoms with van der Waals surface area (Å²) in [6, 6.07) is 9.50. The average molecular weight is 352 g/mol. The van der Waals surface area contributed by atoms with Gasteiger partial charge in [0.2, 0.25) is 0 Å². The smallest absolute Gasteiger partial charge is 0.0175 e. The molecule has 2 rings (SSSR count). The number of hydrogen-bond acceptors (Lipinski definition) is 1. The summed E-state index contributed by atoms with van der Waals surface area (Å²) in [6.45, 7) is 8.07. The van der Waals surface area contributed by atoms with Crippen LogP contribution in [0.5, 0.6) is 0 Å². The van der Waals surface area contributed by atoms with E-state index in [-0.39, 0.29) is 0 Å². The third kappa shape index (κ3) is 4.56. The number of benzene rings is 1. The highest BCUT2D eigenvalue weighted by Gasteiger charge is 2.40. The van der Waals surface area contributed by atoms with E-state index in [1.807, 2.05) is 0 Å². The molecule has 1 aromatic rings. The Balaban J connectivity index is 2.17. The van der Waals surface area contributed by atoms with Crippen molar-refractivity contribution in [1.82, 2.24) is 5.32 Å². The molecule has 2 heteroatoms. The minimum Gasteiger partial charge on any atom is -0.313 e. The van der Waals surface area contributed by atoms with Gasteiger partial charge in [0, 0.05) is 10.5 Å². The summed E-state index contributed by atoms with van der Waals surface area (Å²) >= 11 is 3.54. The molecule has 1 nitrogen and oxygen atoms in total. The molecule has 1 saturated carbocycles. The molecule has 1 atom stereocenters. The van der Waals surface area contributed by atoms with Crippen molar-refractivity contribution in [2.45, 2.75) is 65.3 Å². The Hall–Kier alpha value is -0.340. The first-order chi connectivity index (χ1) is 10.1. The zero-order valence-corrected chi connectivity index (χ0v) is 15.4. The number of nitrogens with one attached hydrogen (secondary N) is 1.